The number of carbonyl (C=O) groups excluding carboxylic acids is 1. The van der Waals surface area contributed by atoms with Crippen molar-refractivity contribution in [1.82, 2.24) is 24.0 Å². The summed E-state index contributed by atoms with van der Waals surface area (Å²) in [6, 6.07) is 5.00. The number of rotatable bonds is 3. The number of pyridine rings is 1. The molecule has 4 rings (SSSR count). The minimum atomic E-state index is -4.55. The van der Waals surface area contributed by atoms with Crippen LogP contribution in [0.5, 0.6) is 0 Å². The van der Waals surface area contributed by atoms with Crippen LogP contribution in [0.4, 0.5) is 23.7 Å². The molecule has 2 saturated heterocycles. The smallest absolute Gasteiger partial charge is 0.306 e. The third-order valence-electron chi connectivity index (χ3n) is 6.25. The van der Waals surface area contributed by atoms with Gasteiger partial charge in [-0.15, -0.1) is 0 Å². The van der Waals surface area contributed by atoms with E-state index in [0.717, 1.165) is 24.3 Å². The van der Waals surface area contributed by atoms with Gasteiger partial charge in [0.2, 0.25) is 10.0 Å². The van der Waals surface area contributed by atoms with Crippen molar-refractivity contribution >= 4 is 33.3 Å². The van der Waals surface area contributed by atoms with E-state index in [9.17, 15) is 26.4 Å². The molecule has 8 nitrogen and oxygen atoms in total. The van der Waals surface area contributed by atoms with Gasteiger partial charge in [-0.2, -0.15) is 17.5 Å². The summed E-state index contributed by atoms with van der Waals surface area (Å²) >= 11 is 6.39. The topological polar surface area (TPSA) is 82.6 Å². The Morgan fingerprint density at radius 3 is 2.21 bits per heavy atom. The van der Waals surface area contributed by atoms with E-state index in [1.54, 1.807) is 17.2 Å². The van der Waals surface area contributed by atoms with Crippen molar-refractivity contribution in [2.45, 2.75) is 11.1 Å². The molecule has 2 aliphatic heterocycles. The number of hydrogen-bond donors (Lipinski definition) is 1. The molecule has 2 amide bonds. The zero-order chi connectivity index (χ0) is 24.6. The fourth-order valence-electron chi connectivity index (χ4n) is 4.38. The van der Waals surface area contributed by atoms with Crippen LogP contribution in [0.15, 0.2) is 47.6 Å². The Balaban J connectivity index is 1.50. The lowest BCUT2D eigenvalue weighted by atomic mass is 10.2. The summed E-state index contributed by atoms with van der Waals surface area (Å²) in [6.45, 7) is 2.62. The van der Waals surface area contributed by atoms with E-state index in [4.69, 9.17) is 11.6 Å². The van der Waals surface area contributed by atoms with Crippen LogP contribution >= 0.6 is 11.6 Å². The van der Waals surface area contributed by atoms with Crippen molar-refractivity contribution in [1.29, 1.82) is 0 Å². The summed E-state index contributed by atoms with van der Waals surface area (Å²) in [5, 5.41) is 3.63. The number of alkyl halides is 3. The minimum absolute atomic E-state index is 0.0139. The molecule has 34 heavy (non-hydrogen) atoms. The van der Waals surface area contributed by atoms with Crippen molar-refractivity contribution in [2.24, 2.45) is 0 Å². The highest BCUT2D eigenvalue weighted by Gasteiger charge is 2.46. The van der Waals surface area contributed by atoms with Gasteiger partial charge in [-0.3, -0.25) is 9.88 Å². The van der Waals surface area contributed by atoms with Gasteiger partial charge < -0.3 is 5.32 Å². The number of sulfonamides is 1. The Kier molecular flexibility index (Phi) is 6.89. The number of carbonyl (C=O) groups is 1. The molecule has 1 aromatic carbocycles. The van der Waals surface area contributed by atoms with Gasteiger partial charge in [0.1, 0.15) is 18.1 Å². The van der Waals surface area contributed by atoms with Crippen LogP contribution < -0.4 is 9.80 Å². The maximum atomic E-state index is 13.7. The molecule has 0 spiro atoms. The number of urea groups is 1. The maximum absolute atomic E-state index is 13.7. The number of benzene rings is 1. The number of halogens is 4. The van der Waals surface area contributed by atoms with Crippen molar-refractivity contribution in [3.05, 3.63) is 53.3 Å². The summed E-state index contributed by atoms with van der Waals surface area (Å²) in [7, 11) is -3.99. The number of nitrogens with zero attached hydrogens (tertiary/aromatic N) is 4. The lowest BCUT2D eigenvalue weighted by Gasteiger charge is -2.43. The van der Waals surface area contributed by atoms with Crippen molar-refractivity contribution in [2.75, 3.05) is 52.4 Å². The fraction of sp³-hybridized carbons (Fsp3) is 0.429. The molecule has 13 heteroatoms. The van der Waals surface area contributed by atoms with Crippen LogP contribution in [-0.2, 0) is 16.2 Å². The molecule has 0 saturated carbocycles. The SMILES string of the molecule is O=C(N1CCN(S(=O)(=O)c2ccc(C(F)(F)F)cc2)CC1)[N+]1(c2ccncc2Cl)CCNCC1. The van der Waals surface area contributed by atoms with E-state index in [-0.39, 0.29) is 41.6 Å². The van der Waals surface area contributed by atoms with E-state index >= 15 is 0 Å². The van der Waals surface area contributed by atoms with Crippen LogP contribution in [0.3, 0.4) is 0 Å². The molecule has 1 N–H and O–H groups in total. The number of hydrogen-bond acceptors (Lipinski definition) is 5. The van der Waals surface area contributed by atoms with E-state index in [1.807, 2.05) is 0 Å². The highest BCUT2D eigenvalue weighted by molar-refractivity contribution is 7.89. The Labute approximate surface area is 200 Å². The van der Waals surface area contributed by atoms with E-state index in [0.29, 0.717) is 36.9 Å². The molecule has 1 aromatic heterocycles. The maximum Gasteiger partial charge on any atom is 0.424 e. The third kappa shape index (κ3) is 4.65. The predicted molar refractivity (Wildman–Crippen MR) is 121 cm³/mol. The average Bonchev–Trinajstić information content (AvgIpc) is 2.84. The number of aromatic nitrogens is 1. The molecule has 0 radical (unpaired) electrons. The Hall–Kier alpha value is -2.25. The number of quaternary nitrogens is 1. The Bertz CT molecular complexity index is 1150. The molecule has 0 aliphatic carbocycles. The monoisotopic (exact) mass is 518 g/mol. The lowest BCUT2D eigenvalue weighted by molar-refractivity contribution is -0.137. The molecule has 184 valence electrons. The van der Waals surface area contributed by atoms with Gasteiger partial charge in [0, 0.05) is 51.5 Å². The predicted octanol–water partition coefficient (Wildman–Crippen LogP) is 2.79. The molecular formula is C21H24ClF3N5O3S+. The van der Waals surface area contributed by atoms with Crippen LogP contribution in [0.25, 0.3) is 0 Å². The zero-order valence-electron chi connectivity index (χ0n) is 18.1. The Morgan fingerprint density at radius 1 is 1.03 bits per heavy atom. The molecule has 2 aliphatic rings. The molecule has 0 unspecified atom stereocenters. The molecule has 0 atom stereocenters. The number of piperazine rings is 2. The first kappa shape index (κ1) is 24.9. The summed E-state index contributed by atoms with van der Waals surface area (Å²) < 4.78 is 65.6. The van der Waals surface area contributed by atoms with Crippen molar-refractivity contribution in [3.63, 3.8) is 0 Å². The quantitative estimate of drug-likeness (QED) is 0.632. The standard InChI is InChI=1S/C21H24ClF3N5O3S/c22-18-15-27-6-5-19(18)30(13-7-26-8-14-30)20(31)28-9-11-29(12-10-28)34(32,33)17-3-1-16(2-4-17)21(23,24)25/h1-6,15,26H,7-14H2/q+1. The van der Waals surface area contributed by atoms with E-state index in [2.05, 4.69) is 10.3 Å². The molecule has 0 bridgehead atoms. The van der Waals surface area contributed by atoms with Gasteiger partial charge in [0.25, 0.3) is 0 Å². The van der Waals surface area contributed by atoms with Crippen LogP contribution in [0.2, 0.25) is 5.02 Å². The second-order valence-corrected chi connectivity index (χ2v) is 10.5. The average molecular weight is 519 g/mol. The minimum Gasteiger partial charge on any atom is -0.306 e. The second-order valence-electron chi connectivity index (χ2n) is 8.19. The van der Waals surface area contributed by atoms with Gasteiger partial charge in [-0.1, -0.05) is 11.6 Å². The molecular weight excluding hydrogens is 495 g/mol. The second kappa shape index (κ2) is 9.42. The first-order valence-corrected chi connectivity index (χ1v) is 12.5. The molecule has 2 fully saturated rings. The van der Waals surface area contributed by atoms with Crippen LogP contribution in [0.1, 0.15) is 5.56 Å². The van der Waals surface area contributed by atoms with Gasteiger partial charge in [0.05, 0.1) is 16.7 Å². The summed E-state index contributed by atoms with van der Waals surface area (Å²) in [5.74, 6) is 0. The summed E-state index contributed by atoms with van der Waals surface area (Å²) in [6.07, 6.45) is -1.46. The van der Waals surface area contributed by atoms with Crippen molar-refractivity contribution < 1.29 is 26.4 Å². The largest absolute Gasteiger partial charge is 0.424 e. The normalized spacial score (nSPS) is 19.7. The van der Waals surface area contributed by atoms with Gasteiger partial charge >= 0.3 is 12.2 Å². The fourth-order valence-corrected chi connectivity index (χ4v) is 6.09. The third-order valence-corrected chi connectivity index (χ3v) is 8.45. The zero-order valence-corrected chi connectivity index (χ0v) is 19.7. The van der Waals surface area contributed by atoms with Gasteiger partial charge in [-0.05, 0) is 24.3 Å². The first-order chi connectivity index (χ1) is 16.1. The summed E-state index contributed by atoms with van der Waals surface area (Å²) in [5.41, 5.74) is -0.260. The molecule has 2 aromatic rings. The number of nitrogens with one attached hydrogen (secondary N) is 1. The highest BCUT2D eigenvalue weighted by atomic mass is 35.5. The van der Waals surface area contributed by atoms with Crippen molar-refractivity contribution in [3.8, 4) is 0 Å². The first-order valence-electron chi connectivity index (χ1n) is 10.7. The highest BCUT2D eigenvalue weighted by Crippen LogP contribution is 2.34. The Morgan fingerprint density at radius 2 is 1.65 bits per heavy atom. The van der Waals surface area contributed by atoms with E-state index < -0.39 is 21.8 Å². The summed E-state index contributed by atoms with van der Waals surface area (Å²) in [4.78, 5) is 19.1. The number of amides is 2. The van der Waals surface area contributed by atoms with E-state index in [1.165, 1.54) is 10.5 Å². The lowest BCUT2D eigenvalue weighted by Crippen LogP contribution is -2.68. The molecule has 3 heterocycles. The van der Waals surface area contributed by atoms with Gasteiger partial charge in [-0.25, -0.2) is 17.7 Å². The van der Waals surface area contributed by atoms with Crippen LogP contribution in [-0.4, -0.2) is 81.0 Å². The van der Waals surface area contributed by atoms with Crippen LogP contribution in [0, 0.1) is 0 Å². The van der Waals surface area contributed by atoms with Gasteiger partial charge in [0.15, 0.2) is 5.69 Å².